The summed E-state index contributed by atoms with van der Waals surface area (Å²) in [5, 5.41) is 12.3. The average Bonchev–Trinajstić information content (AvgIpc) is 3.29. The Morgan fingerprint density at radius 2 is 2.00 bits per heavy atom. The first-order valence-corrected chi connectivity index (χ1v) is 9.27. The first-order chi connectivity index (χ1) is 14.1. The minimum absolute atomic E-state index is 0.0588. The molecule has 1 amide bonds. The van der Waals surface area contributed by atoms with E-state index in [1.807, 2.05) is 6.07 Å². The summed E-state index contributed by atoms with van der Waals surface area (Å²) in [6, 6.07) is 9.59. The van der Waals surface area contributed by atoms with E-state index in [0.29, 0.717) is 43.2 Å². The molecule has 0 radical (unpaired) electrons. The maximum Gasteiger partial charge on any atom is 0.253 e. The summed E-state index contributed by atoms with van der Waals surface area (Å²) in [5.74, 6) is 0.410. The van der Waals surface area contributed by atoms with Crippen LogP contribution in [0.3, 0.4) is 0 Å². The molecule has 1 aliphatic rings. The van der Waals surface area contributed by atoms with Gasteiger partial charge in [-0.15, -0.1) is 10.2 Å². The summed E-state index contributed by atoms with van der Waals surface area (Å²) < 4.78 is 26.3. The van der Waals surface area contributed by atoms with Crippen LogP contribution in [-0.2, 0) is 0 Å². The SMILES string of the molecule is COc1ccc(C(=O)N2CCC(Oc3ccc(-n4cccn4)nn3)CC2)cc1F. The maximum atomic E-state index is 13.9. The Kier molecular flexibility index (Phi) is 5.37. The molecule has 1 aromatic carbocycles. The van der Waals surface area contributed by atoms with Crippen molar-refractivity contribution in [1.82, 2.24) is 24.9 Å². The van der Waals surface area contributed by atoms with Crippen molar-refractivity contribution in [3.63, 3.8) is 0 Å². The van der Waals surface area contributed by atoms with E-state index in [1.54, 1.807) is 40.2 Å². The number of hydrogen-bond donors (Lipinski definition) is 0. The number of amides is 1. The molecule has 0 saturated carbocycles. The topological polar surface area (TPSA) is 82.4 Å². The van der Waals surface area contributed by atoms with Crippen LogP contribution < -0.4 is 9.47 Å². The average molecular weight is 397 g/mol. The van der Waals surface area contributed by atoms with Crippen molar-refractivity contribution in [3.8, 4) is 17.4 Å². The number of halogens is 1. The fraction of sp³-hybridized carbons (Fsp3) is 0.300. The molecule has 0 atom stereocenters. The highest BCUT2D eigenvalue weighted by Crippen LogP contribution is 2.22. The third kappa shape index (κ3) is 4.18. The molecule has 8 nitrogen and oxygen atoms in total. The molecule has 0 spiro atoms. The van der Waals surface area contributed by atoms with Crippen LogP contribution in [0.15, 0.2) is 48.8 Å². The Labute approximate surface area is 166 Å². The van der Waals surface area contributed by atoms with E-state index in [1.165, 1.54) is 19.2 Å². The second-order valence-corrected chi connectivity index (χ2v) is 6.64. The summed E-state index contributed by atoms with van der Waals surface area (Å²) in [5.41, 5.74) is 0.308. The first-order valence-electron chi connectivity index (χ1n) is 9.27. The van der Waals surface area contributed by atoms with Gasteiger partial charge in [0.15, 0.2) is 17.4 Å². The van der Waals surface area contributed by atoms with Gasteiger partial charge in [0, 0.05) is 50.0 Å². The predicted octanol–water partition coefficient (Wildman–Crippen LogP) is 2.49. The van der Waals surface area contributed by atoms with Gasteiger partial charge in [-0.25, -0.2) is 9.07 Å². The molecule has 3 heterocycles. The largest absolute Gasteiger partial charge is 0.494 e. The Balaban J connectivity index is 1.32. The standard InChI is InChI=1S/C20H20FN5O3/c1-28-17-4-3-14(13-16(17)21)20(27)25-11-7-15(8-12-25)29-19-6-5-18(23-24-19)26-10-2-9-22-26/h2-6,9-10,13,15H,7-8,11-12H2,1H3. The highest BCUT2D eigenvalue weighted by atomic mass is 19.1. The lowest BCUT2D eigenvalue weighted by molar-refractivity contribution is 0.0585. The van der Waals surface area contributed by atoms with E-state index in [9.17, 15) is 9.18 Å². The highest BCUT2D eigenvalue weighted by molar-refractivity contribution is 5.94. The quantitative estimate of drug-likeness (QED) is 0.658. The molecule has 150 valence electrons. The van der Waals surface area contributed by atoms with Gasteiger partial charge in [0.2, 0.25) is 5.88 Å². The van der Waals surface area contributed by atoms with Crippen LogP contribution in [0.2, 0.25) is 0 Å². The summed E-state index contributed by atoms with van der Waals surface area (Å²) in [4.78, 5) is 14.3. The van der Waals surface area contributed by atoms with E-state index in [-0.39, 0.29) is 17.8 Å². The van der Waals surface area contributed by atoms with Crippen LogP contribution in [0.25, 0.3) is 5.82 Å². The van der Waals surface area contributed by atoms with Gasteiger partial charge in [0.25, 0.3) is 5.91 Å². The van der Waals surface area contributed by atoms with E-state index >= 15 is 0 Å². The van der Waals surface area contributed by atoms with Crippen LogP contribution >= 0.6 is 0 Å². The minimum Gasteiger partial charge on any atom is -0.494 e. The zero-order valence-electron chi connectivity index (χ0n) is 15.9. The second-order valence-electron chi connectivity index (χ2n) is 6.64. The van der Waals surface area contributed by atoms with Gasteiger partial charge in [-0.2, -0.15) is 5.10 Å². The molecule has 0 aliphatic carbocycles. The number of likely N-dealkylation sites (tertiary alicyclic amines) is 1. The molecule has 0 unspecified atom stereocenters. The Hall–Kier alpha value is -3.49. The highest BCUT2D eigenvalue weighted by Gasteiger charge is 2.25. The number of nitrogens with zero attached hydrogens (tertiary/aromatic N) is 5. The number of carbonyl (C=O) groups excluding carboxylic acids is 1. The normalized spacial score (nSPS) is 14.6. The molecule has 1 fully saturated rings. The Morgan fingerprint density at radius 1 is 1.17 bits per heavy atom. The molecule has 2 aromatic heterocycles. The van der Waals surface area contributed by atoms with Gasteiger partial charge in [0.05, 0.1) is 7.11 Å². The minimum atomic E-state index is -0.547. The number of rotatable bonds is 5. The molecule has 4 rings (SSSR count). The maximum absolute atomic E-state index is 13.9. The summed E-state index contributed by atoms with van der Waals surface area (Å²) in [6.45, 7) is 1.05. The number of hydrogen-bond acceptors (Lipinski definition) is 6. The first kappa shape index (κ1) is 18.9. The van der Waals surface area contributed by atoms with Crippen molar-refractivity contribution in [2.75, 3.05) is 20.2 Å². The monoisotopic (exact) mass is 397 g/mol. The Morgan fingerprint density at radius 3 is 2.62 bits per heavy atom. The van der Waals surface area contributed by atoms with Crippen molar-refractivity contribution in [1.29, 1.82) is 0 Å². The van der Waals surface area contributed by atoms with Gasteiger partial charge in [-0.1, -0.05) is 0 Å². The third-order valence-corrected chi connectivity index (χ3v) is 4.78. The number of ether oxygens (including phenoxy) is 2. The molecule has 0 bridgehead atoms. The van der Waals surface area contributed by atoms with Crippen LogP contribution in [-0.4, -0.2) is 57.1 Å². The third-order valence-electron chi connectivity index (χ3n) is 4.78. The van der Waals surface area contributed by atoms with Crippen molar-refractivity contribution >= 4 is 5.91 Å². The lowest BCUT2D eigenvalue weighted by Crippen LogP contribution is -2.41. The van der Waals surface area contributed by atoms with E-state index in [0.717, 1.165) is 0 Å². The van der Waals surface area contributed by atoms with E-state index < -0.39 is 5.82 Å². The molecule has 9 heteroatoms. The van der Waals surface area contributed by atoms with Crippen molar-refractivity contribution in [3.05, 3.63) is 60.2 Å². The van der Waals surface area contributed by atoms with Crippen LogP contribution in [0, 0.1) is 5.82 Å². The lowest BCUT2D eigenvalue weighted by Gasteiger charge is -2.32. The Bertz CT molecular complexity index is 970. The van der Waals surface area contributed by atoms with E-state index in [2.05, 4.69) is 15.3 Å². The fourth-order valence-electron chi connectivity index (χ4n) is 3.23. The lowest BCUT2D eigenvalue weighted by atomic mass is 10.1. The molecule has 1 saturated heterocycles. The van der Waals surface area contributed by atoms with Gasteiger partial charge >= 0.3 is 0 Å². The number of methoxy groups -OCH3 is 1. The summed E-state index contributed by atoms with van der Waals surface area (Å²) >= 11 is 0. The van der Waals surface area contributed by atoms with Gasteiger partial charge in [-0.05, 0) is 30.3 Å². The van der Waals surface area contributed by atoms with E-state index in [4.69, 9.17) is 9.47 Å². The van der Waals surface area contributed by atoms with Crippen LogP contribution in [0.1, 0.15) is 23.2 Å². The van der Waals surface area contributed by atoms with Gasteiger partial charge in [-0.3, -0.25) is 4.79 Å². The summed E-state index contributed by atoms with van der Waals surface area (Å²) in [7, 11) is 1.39. The molecule has 1 aliphatic heterocycles. The zero-order valence-corrected chi connectivity index (χ0v) is 15.9. The van der Waals surface area contributed by atoms with Gasteiger partial charge in [0.1, 0.15) is 6.10 Å². The second kappa shape index (κ2) is 8.26. The fourth-order valence-corrected chi connectivity index (χ4v) is 3.23. The number of benzene rings is 1. The number of aromatic nitrogens is 4. The number of piperidine rings is 1. The van der Waals surface area contributed by atoms with Crippen molar-refractivity contribution in [2.45, 2.75) is 18.9 Å². The predicted molar refractivity (Wildman–Crippen MR) is 102 cm³/mol. The molecule has 3 aromatic rings. The van der Waals surface area contributed by atoms with Crippen LogP contribution in [0.4, 0.5) is 4.39 Å². The molecular weight excluding hydrogens is 377 g/mol. The van der Waals surface area contributed by atoms with Crippen LogP contribution in [0.5, 0.6) is 11.6 Å². The smallest absolute Gasteiger partial charge is 0.253 e. The molecule has 0 N–H and O–H groups in total. The zero-order chi connectivity index (χ0) is 20.2. The number of carbonyl (C=O) groups is 1. The van der Waals surface area contributed by atoms with Crippen molar-refractivity contribution < 1.29 is 18.7 Å². The molecule has 29 heavy (non-hydrogen) atoms. The van der Waals surface area contributed by atoms with Gasteiger partial charge < -0.3 is 14.4 Å². The molecular formula is C20H20FN5O3. The van der Waals surface area contributed by atoms with Crippen molar-refractivity contribution in [2.24, 2.45) is 0 Å². The summed E-state index contributed by atoms with van der Waals surface area (Å²) in [6.07, 6.45) is 4.71.